The van der Waals surface area contributed by atoms with E-state index in [2.05, 4.69) is 5.32 Å². The molecule has 7 heteroatoms. The lowest BCUT2D eigenvalue weighted by molar-refractivity contribution is -0.127. The van der Waals surface area contributed by atoms with Crippen molar-refractivity contribution in [3.05, 3.63) is 34.9 Å². The second-order valence-corrected chi connectivity index (χ2v) is 8.51. The maximum atomic E-state index is 12.5. The summed E-state index contributed by atoms with van der Waals surface area (Å²) in [7, 11) is -3.00. The van der Waals surface area contributed by atoms with Gasteiger partial charge in [0.1, 0.15) is 0 Å². The number of ether oxygens (including phenoxy) is 1. The Morgan fingerprint density at radius 2 is 1.95 bits per heavy atom. The summed E-state index contributed by atoms with van der Waals surface area (Å²) in [4.78, 5) is 12.5. The minimum absolute atomic E-state index is 0.0396. The highest BCUT2D eigenvalue weighted by Gasteiger charge is 2.37. The Morgan fingerprint density at radius 1 is 1.23 bits per heavy atom. The highest BCUT2D eigenvalue weighted by Crippen LogP contribution is 2.35. The normalized spacial score (nSPS) is 30.3. The van der Waals surface area contributed by atoms with Crippen LogP contribution in [-0.2, 0) is 19.4 Å². The molecule has 22 heavy (non-hydrogen) atoms. The van der Waals surface area contributed by atoms with Gasteiger partial charge in [-0.2, -0.15) is 0 Å². The second kappa shape index (κ2) is 6.18. The van der Waals surface area contributed by atoms with E-state index in [4.69, 9.17) is 16.3 Å². The van der Waals surface area contributed by atoms with E-state index in [1.54, 1.807) is 12.1 Å². The molecule has 5 nitrogen and oxygen atoms in total. The van der Waals surface area contributed by atoms with Crippen LogP contribution in [0.4, 0.5) is 0 Å². The van der Waals surface area contributed by atoms with E-state index in [1.807, 2.05) is 12.1 Å². The first-order valence-corrected chi connectivity index (χ1v) is 9.52. The monoisotopic (exact) mass is 343 g/mol. The van der Waals surface area contributed by atoms with Crippen molar-refractivity contribution in [1.29, 1.82) is 0 Å². The standard InChI is InChI=1S/C15H18ClNO4S/c16-11-3-1-10(2-4-11)14-13(5-7-21-14)15(18)17-12-6-8-22(19,20)9-12/h1-4,12-14H,5-9H2,(H,17,18)/t12?,13-,14+/m1/s1. The van der Waals surface area contributed by atoms with Gasteiger partial charge in [-0.1, -0.05) is 23.7 Å². The summed E-state index contributed by atoms with van der Waals surface area (Å²) in [5.41, 5.74) is 0.918. The van der Waals surface area contributed by atoms with Gasteiger partial charge in [0.15, 0.2) is 9.84 Å². The van der Waals surface area contributed by atoms with Crippen molar-refractivity contribution in [1.82, 2.24) is 5.32 Å². The number of halogens is 1. The number of carbonyl (C=O) groups is 1. The number of nitrogens with one attached hydrogen (secondary N) is 1. The second-order valence-electron chi connectivity index (χ2n) is 5.85. The lowest BCUT2D eigenvalue weighted by Crippen LogP contribution is -2.40. The number of amides is 1. The summed E-state index contributed by atoms with van der Waals surface area (Å²) >= 11 is 5.88. The Bertz CT molecular complexity index is 659. The Hall–Kier alpha value is -1.11. The van der Waals surface area contributed by atoms with Crippen molar-refractivity contribution in [3.63, 3.8) is 0 Å². The summed E-state index contributed by atoms with van der Waals surface area (Å²) in [5, 5.41) is 3.50. The van der Waals surface area contributed by atoms with Crippen LogP contribution in [0.2, 0.25) is 5.02 Å². The third kappa shape index (κ3) is 3.45. The SMILES string of the molecule is O=C(NC1CCS(=O)(=O)C1)[C@@H]1CCO[C@H]1c1ccc(Cl)cc1. The van der Waals surface area contributed by atoms with Crippen LogP contribution in [0.3, 0.4) is 0 Å². The predicted molar refractivity (Wildman–Crippen MR) is 83.5 cm³/mol. The van der Waals surface area contributed by atoms with Gasteiger partial charge in [0.05, 0.1) is 23.5 Å². The number of carbonyl (C=O) groups excluding carboxylic acids is 1. The van der Waals surface area contributed by atoms with Gasteiger partial charge < -0.3 is 10.1 Å². The number of benzene rings is 1. The molecule has 2 fully saturated rings. The molecule has 0 saturated carbocycles. The fourth-order valence-electron chi connectivity index (χ4n) is 3.06. The van der Waals surface area contributed by atoms with Crippen molar-refractivity contribution >= 4 is 27.3 Å². The first-order chi connectivity index (χ1) is 10.4. The molecule has 120 valence electrons. The van der Waals surface area contributed by atoms with Gasteiger partial charge in [-0.05, 0) is 30.5 Å². The van der Waals surface area contributed by atoms with Gasteiger partial charge in [0.2, 0.25) is 5.91 Å². The van der Waals surface area contributed by atoms with E-state index in [0.29, 0.717) is 24.5 Å². The van der Waals surface area contributed by atoms with Crippen LogP contribution in [-0.4, -0.2) is 38.5 Å². The molecule has 0 aliphatic carbocycles. The molecule has 0 spiro atoms. The van der Waals surface area contributed by atoms with Crippen molar-refractivity contribution in [2.75, 3.05) is 18.1 Å². The third-order valence-corrected chi connectivity index (χ3v) is 6.23. The third-order valence-electron chi connectivity index (χ3n) is 4.21. The lowest BCUT2D eigenvalue weighted by Gasteiger charge is -2.20. The average Bonchev–Trinajstić information content (AvgIpc) is 3.06. The fraction of sp³-hybridized carbons (Fsp3) is 0.533. The molecule has 0 bridgehead atoms. The summed E-state index contributed by atoms with van der Waals surface area (Å²) in [5.74, 6) is -0.221. The van der Waals surface area contributed by atoms with Gasteiger partial charge >= 0.3 is 0 Å². The minimum atomic E-state index is -3.00. The molecule has 0 radical (unpaired) electrons. The fourth-order valence-corrected chi connectivity index (χ4v) is 4.86. The molecule has 0 aromatic heterocycles. The zero-order chi connectivity index (χ0) is 15.7. The molecule has 1 unspecified atom stereocenters. The van der Waals surface area contributed by atoms with E-state index in [1.165, 1.54) is 0 Å². The molecule has 2 saturated heterocycles. The van der Waals surface area contributed by atoms with Crippen molar-refractivity contribution in [3.8, 4) is 0 Å². The largest absolute Gasteiger partial charge is 0.373 e. The molecule has 2 aliphatic rings. The van der Waals surface area contributed by atoms with Crippen LogP contribution in [0.5, 0.6) is 0 Å². The summed E-state index contributed by atoms with van der Waals surface area (Å²) in [6.45, 7) is 0.522. The highest BCUT2D eigenvalue weighted by molar-refractivity contribution is 7.91. The predicted octanol–water partition coefficient (Wildman–Crippen LogP) is 1.72. The Kier molecular flexibility index (Phi) is 4.43. The van der Waals surface area contributed by atoms with E-state index < -0.39 is 9.84 Å². The lowest BCUT2D eigenvalue weighted by atomic mass is 9.94. The molecule has 3 rings (SSSR count). The van der Waals surface area contributed by atoms with Gasteiger partial charge in [-0.25, -0.2) is 8.42 Å². The molecule has 1 amide bonds. The molecule has 2 heterocycles. The molecule has 1 N–H and O–H groups in total. The van der Waals surface area contributed by atoms with Gasteiger partial charge in [0.25, 0.3) is 0 Å². The zero-order valence-electron chi connectivity index (χ0n) is 12.0. The van der Waals surface area contributed by atoms with Crippen LogP contribution in [0, 0.1) is 5.92 Å². The zero-order valence-corrected chi connectivity index (χ0v) is 13.6. The number of rotatable bonds is 3. The van der Waals surface area contributed by atoms with Gasteiger partial charge in [0, 0.05) is 17.7 Å². The smallest absolute Gasteiger partial charge is 0.226 e. The van der Waals surface area contributed by atoms with Crippen molar-refractivity contribution in [2.45, 2.75) is 25.0 Å². The van der Waals surface area contributed by atoms with Crippen LogP contribution in [0.15, 0.2) is 24.3 Å². The number of hydrogen-bond donors (Lipinski definition) is 1. The number of hydrogen-bond acceptors (Lipinski definition) is 4. The van der Waals surface area contributed by atoms with E-state index in [-0.39, 0.29) is 35.5 Å². The summed E-state index contributed by atoms with van der Waals surface area (Å²) in [6, 6.07) is 7.00. The van der Waals surface area contributed by atoms with Crippen LogP contribution < -0.4 is 5.32 Å². The first kappa shape index (κ1) is 15.8. The average molecular weight is 344 g/mol. The maximum absolute atomic E-state index is 12.5. The molecule has 1 aromatic rings. The van der Waals surface area contributed by atoms with Crippen LogP contribution >= 0.6 is 11.6 Å². The summed E-state index contributed by atoms with van der Waals surface area (Å²) < 4.78 is 28.6. The summed E-state index contributed by atoms with van der Waals surface area (Å²) in [6.07, 6.45) is 0.835. The van der Waals surface area contributed by atoms with Gasteiger partial charge in [-0.15, -0.1) is 0 Å². The van der Waals surface area contributed by atoms with E-state index >= 15 is 0 Å². The quantitative estimate of drug-likeness (QED) is 0.907. The Labute approximate surface area is 134 Å². The Morgan fingerprint density at radius 3 is 2.59 bits per heavy atom. The van der Waals surface area contributed by atoms with E-state index in [9.17, 15) is 13.2 Å². The highest BCUT2D eigenvalue weighted by atomic mass is 35.5. The first-order valence-electron chi connectivity index (χ1n) is 7.32. The maximum Gasteiger partial charge on any atom is 0.226 e. The number of sulfone groups is 1. The van der Waals surface area contributed by atoms with Crippen LogP contribution in [0.25, 0.3) is 0 Å². The topological polar surface area (TPSA) is 72.5 Å². The molecule has 3 atom stereocenters. The van der Waals surface area contributed by atoms with E-state index in [0.717, 1.165) is 5.56 Å². The van der Waals surface area contributed by atoms with Gasteiger partial charge in [-0.3, -0.25) is 4.79 Å². The molecule has 1 aromatic carbocycles. The molecular formula is C15H18ClNO4S. The molecule has 2 aliphatic heterocycles. The molecular weight excluding hydrogens is 326 g/mol. The Balaban J connectivity index is 1.67. The van der Waals surface area contributed by atoms with Crippen LogP contribution in [0.1, 0.15) is 24.5 Å². The van der Waals surface area contributed by atoms with Crippen molar-refractivity contribution in [2.24, 2.45) is 5.92 Å². The van der Waals surface area contributed by atoms with Crippen molar-refractivity contribution < 1.29 is 17.9 Å². The minimum Gasteiger partial charge on any atom is -0.373 e.